The molecule has 0 fully saturated rings. The summed E-state index contributed by atoms with van der Waals surface area (Å²) in [4.78, 5) is 18.0. The van der Waals surface area contributed by atoms with Gasteiger partial charge >= 0.3 is 0 Å². The van der Waals surface area contributed by atoms with Gasteiger partial charge < -0.3 is 9.15 Å². The first kappa shape index (κ1) is 17.6. The van der Waals surface area contributed by atoms with Crippen molar-refractivity contribution in [2.45, 2.75) is 4.90 Å². The monoisotopic (exact) mass is 396 g/mol. The van der Waals surface area contributed by atoms with E-state index < -0.39 is 0 Å². The largest absolute Gasteiger partial charge is 0.493 e. The number of methoxy groups -OCH3 is 1. The summed E-state index contributed by atoms with van der Waals surface area (Å²) in [5.74, 6) is 1.13. The molecule has 0 unspecified atom stereocenters. The normalized spacial score (nSPS) is 10.9. The lowest BCUT2D eigenvalue weighted by Crippen LogP contribution is -2.11. The number of thiazole rings is 1. The highest BCUT2D eigenvalue weighted by Crippen LogP contribution is 2.34. The van der Waals surface area contributed by atoms with Crippen molar-refractivity contribution in [3.8, 4) is 17.2 Å². The van der Waals surface area contributed by atoms with Crippen molar-refractivity contribution in [3.63, 3.8) is 0 Å². The second-order valence-electron chi connectivity index (χ2n) is 5.71. The van der Waals surface area contributed by atoms with E-state index >= 15 is 0 Å². The third-order valence-corrected chi connectivity index (χ3v) is 5.56. The van der Waals surface area contributed by atoms with Crippen LogP contribution in [0.3, 0.4) is 0 Å². The Hall–Kier alpha value is -2.77. The van der Waals surface area contributed by atoms with Gasteiger partial charge in [-0.3, -0.25) is 10.1 Å². The molecular weight excluding hydrogens is 380 g/mol. The van der Waals surface area contributed by atoms with Crippen LogP contribution in [0, 0.1) is 0 Å². The summed E-state index contributed by atoms with van der Waals surface area (Å²) in [7, 11) is 1.61. The van der Waals surface area contributed by atoms with E-state index in [0.29, 0.717) is 33.5 Å². The highest BCUT2D eigenvalue weighted by molar-refractivity contribution is 7.98. The van der Waals surface area contributed by atoms with Gasteiger partial charge in [0, 0.05) is 21.2 Å². The maximum atomic E-state index is 12.4. The maximum absolute atomic E-state index is 12.4. The van der Waals surface area contributed by atoms with Gasteiger partial charge in [0.25, 0.3) is 5.91 Å². The Morgan fingerprint density at radius 3 is 2.78 bits per heavy atom. The topological polar surface area (TPSA) is 64.4 Å². The second kappa shape index (κ2) is 7.46. The lowest BCUT2D eigenvalue weighted by atomic mass is 10.2. The van der Waals surface area contributed by atoms with Crippen LogP contribution in [0.2, 0.25) is 0 Å². The number of hydrogen-bond donors (Lipinski definition) is 1. The summed E-state index contributed by atoms with van der Waals surface area (Å²) in [6, 6.07) is 15.1. The van der Waals surface area contributed by atoms with Crippen LogP contribution in [0.15, 0.2) is 63.2 Å². The van der Waals surface area contributed by atoms with E-state index in [1.165, 1.54) is 11.3 Å². The van der Waals surface area contributed by atoms with Gasteiger partial charge in [-0.2, -0.15) is 0 Å². The standard InChI is InChI=1S/C20H16N2O3S2/c1-24-16-5-3-4-13-10-17(25-18(13)16)15-11-27-20(21-15)22-19(23)12-6-8-14(26-2)9-7-12/h3-11H,1-2H3,(H,21,22,23). The summed E-state index contributed by atoms with van der Waals surface area (Å²) in [5.41, 5.74) is 1.95. The molecule has 5 nitrogen and oxygen atoms in total. The first-order valence-corrected chi connectivity index (χ1v) is 10.3. The summed E-state index contributed by atoms with van der Waals surface area (Å²) >= 11 is 2.99. The number of nitrogens with zero attached hydrogens (tertiary/aromatic N) is 1. The van der Waals surface area contributed by atoms with Gasteiger partial charge in [-0.1, -0.05) is 12.1 Å². The van der Waals surface area contributed by atoms with Crippen molar-refractivity contribution in [2.24, 2.45) is 0 Å². The fourth-order valence-electron chi connectivity index (χ4n) is 2.68. The van der Waals surface area contributed by atoms with E-state index in [9.17, 15) is 4.79 Å². The molecule has 2 aromatic heterocycles. The zero-order valence-electron chi connectivity index (χ0n) is 14.7. The molecule has 0 atom stereocenters. The number of hydrogen-bond acceptors (Lipinski definition) is 6. The van der Waals surface area contributed by atoms with Crippen LogP contribution in [0.1, 0.15) is 10.4 Å². The zero-order valence-corrected chi connectivity index (χ0v) is 16.3. The molecule has 2 heterocycles. The SMILES string of the molecule is COc1cccc2cc(-c3csc(NC(=O)c4ccc(SC)cc4)n3)oc12. The molecule has 0 radical (unpaired) electrons. The first-order chi connectivity index (χ1) is 13.2. The third kappa shape index (κ3) is 3.56. The number of para-hydroxylation sites is 1. The fraction of sp³-hybridized carbons (Fsp3) is 0.100. The van der Waals surface area contributed by atoms with Gasteiger partial charge in [-0.05, 0) is 42.7 Å². The van der Waals surface area contributed by atoms with E-state index in [4.69, 9.17) is 9.15 Å². The zero-order chi connectivity index (χ0) is 18.8. The molecule has 0 spiro atoms. The number of anilines is 1. The molecule has 4 rings (SSSR count). The summed E-state index contributed by atoms with van der Waals surface area (Å²) in [6.45, 7) is 0. The predicted molar refractivity (Wildman–Crippen MR) is 110 cm³/mol. The Morgan fingerprint density at radius 1 is 1.22 bits per heavy atom. The minimum atomic E-state index is -0.185. The smallest absolute Gasteiger partial charge is 0.257 e. The maximum Gasteiger partial charge on any atom is 0.257 e. The van der Waals surface area contributed by atoms with Gasteiger partial charge in [0.15, 0.2) is 22.2 Å². The third-order valence-electron chi connectivity index (χ3n) is 4.06. The van der Waals surface area contributed by atoms with Crippen LogP contribution >= 0.6 is 23.1 Å². The number of ether oxygens (including phenoxy) is 1. The van der Waals surface area contributed by atoms with Crippen LogP contribution in [0.5, 0.6) is 5.75 Å². The minimum Gasteiger partial charge on any atom is -0.493 e. The molecule has 0 aliphatic carbocycles. The van der Waals surface area contributed by atoms with Crippen molar-refractivity contribution in [2.75, 3.05) is 18.7 Å². The average Bonchev–Trinajstić information content (AvgIpc) is 3.34. The number of fused-ring (bicyclic) bond motifs is 1. The molecule has 0 aliphatic rings. The number of rotatable bonds is 5. The molecule has 0 saturated heterocycles. The predicted octanol–water partition coefficient (Wildman–Crippen LogP) is 5.54. The van der Waals surface area contributed by atoms with Crippen LogP contribution in [-0.2, 0) is 0 Å². The molecule has 0 bridgehead atoms. The minimum absolute atomic E-state index is 0.185. The number of benzene rings is 2. The number of carbonyl (C=O) groups excluding carboxylic acids is 1. The van der Waals surface area contributed by atoms with E-state index in [1.54, 1.807) is 31.0 Å². The lowest BCUT2D eigenvalue weighted by molar-refractivity contribution is 0.102. The lowest BCUT2D eigenvalue weighted by Gasteiger charge is -2.02. The van der Waals surface area contributed by atoms with E-state index in [1.807, 2.05) is 48.0 Å². The van der Waals surface area contributed by atoms with Gasteiger partial charge in [-0.15, -0.1) is 23.1 Å². The Balaban J connectivity index is 1.55. The summed E-state index contributed by atoms with van der Waals surface area (Å²) < 4.78 is 11.2. The van der Waals surface area contributed by atoms with Crippen LogP contribution in [-0.4, -0.2) is 24.3 Å². The summed E-state index contributed by atoms with van der Waals surface area (Å²) in [6.07, 6.45) is 2.00. The highest BCUT2D eigenvalue weighted by Gasteiger charge is 2.14. The quantitative estimate of drug-likeness (QED) is 0.449. The number of furan rings is 1. The molecule has 27 heavy (non-hydrogen) atoms. The molecular formula is C20H16N2O3S2. The van der Waals surface area contributed by atoms with Crippen LogP contribution in [0.25, 0.3) is 22.4 Å². The molecule has 1 amide bonds. The van der Waals surface area contributed by atoms with Crippen LogP contribution < -0.4 is 10.1 Å². The Kier molecular flexibility index (Phi) is 4.87. The van der Waals surface area contributed by atoms with E-state index in [-0.39, 0.29) is 5.91 Å². The number of carbonyl (C=O) groups is 1. The molecule has 136 valence electrons. The van der Waals surface area contributed by atoms with Crippen LogP contribution in [0.4, 0.5) is 5.13 Å². The molecule has 4 aromatic rings. The Morgan fingerprint density at radius 2 is 2.04 bits per heavy atom. The Labute approximate surface area is 164 Å². The summed E-state index contributed by atoms with van der Waals surface area (Å²) in [5, 5.41) is 6.16. The number of thioether (sulfide) groups is 1. The molecule has 7 heteroatoms. The number of aromatic nitrogens is 1. The van der Waals surface area contributed by atoms with Crippen molar-refractivity contribution in [1.82, 2.24) is 4.98 Å². The van der Waals surface area contributed by atoms with Gasteiger partial charge in [0.2, 0.25) is 0 Å². The van der Waals surface area contributed by atoms with Crippen molar-refractivity contribution >= 4 is 45.1 Å². The van der Waals surface area contributed by atoms with Crippen molar-refractivity contribution in [1.29, 1.82) is 0 Å². The molecule has 1 N–H and O–H groups in total. The van der Waals surface area contributed by atoms with Gasteiger partial charge in [0.05, 0.1) is 7.11 Å². The second-order valence-corrected chi connectivity index (χ2v) is 7.45. The van der Waals surface area contributed by atoms with E-state index in [2.05, 4.69) is 10.3 Å². The van der Waals surface area contributed by atoms with Crippen molar-refractivity contribution in [3.05, 3.63) is 59.5 Å². The first-order valence-electron chi connectivity index (χ1n) is 8.16. The van der Waals surface area contributed by atoms with Gasteiger partial charge in [-0.25, -0.2) is 4.98 Å². The highest BCUT2D eigenvalue weighted by atomic mass is 32.2. The fourth-order valence-corrected chi connectivity index (χ4v) is 3.78. The molecule has 2 aromatic carbocycles. The van der Waals surface area contributed by atoms with Crippen molar-refractivity contribution < 1.29 is 13.9 Å². The van der Waals surface area contributed by atoms with E-state index in [0.717, 1.165) is 10.3 Å². The number of nitrogens with one attached hydrogen (secondary N) is 1. The average molecular weight is 396 g/mol. The number of amides is 1. The Bertz CT molecular complexity index is 1100. The molecule has 0 aliphatic heterocycles. The van der Waals surface area contributed by atoms with Gasteiger partial charge in [0.1, 0.15) is 5.69 Å². The molecule has 0 saturated carbocycles.